The molecule has 3 rings (SSSR count). The van der Waals surface area contributed by atoms with E-state index < -0.39 is 0 Å². The third kappa shape index (κ3) is 6.54. The first-order chi connectivity index (χ1) is 13.7. The predicted octanol–water partition coefficient (Wildman–Crippen LogP) is 2.47. The van der Waals surface area contributed by atoms with Gasteiger partial charge in [-0.3, -0.25) is 9.89 Å². The Labute approximate surface area is 170 Å². The molecule has 1 amide bonds. The Morgan fingerprint density at radius 2 is 1.93 bits per heavy atom. The van der Waals surface area contributed by atoms with Crippen molar-refractivity contribution in [1.82, 2.24) is 20.9 Å². The van der Waals surface area contributed by atoms with Crippen molar-refractivity contribution in [1.29, 1.82) is 0 Å². The number of hydrogen-bond acceptors (Lipinski definition) is 4. The number of piperidine rings is 1. The summed E-state index contributed by atoms with van der Waals surface area (Å²) < 4.78 is 5.05. The van der Waals surface area contributed by atoms with Gasteiger partial charge in [0.2, 0.25) is 0 Å². The molecule has 160 valence electrons. The van der Waals surface area contributed by atoms with E-state index in [-0.39, 0.29) is 12.1 Å². The fourth-order valence-corrected chi connectivity index (χ4v) is 4.65. The fraction of sp³-hybridized carbons (Fsp3) is 0.905. The summed E-state index contributed by atoms with van der Waals surface area (Å²) in [4.78, 5) is 18.9. The summed E-state index contributed by atoms with van der Waals surface area (Å²) in [5, 5.41) is 10.0. The number of aliphatic imine (C=N–C) groups is 1. The lowest BCUT2D eigenvalue weighted by atomic mass is 9.92. The maximum atomic E-state index is 11.8. The molecule has 2 unspecified atom stereocenters. The molecule has 1 heterocycles. The standard InChI is InChI=1S/C21H39N5O2/c1-3-28-21(27)25-19(16-11-12-16)14-23-20(22-2)24-17-8-7-13-26(15-17)18-9-5-4-6-10-18/h16-19H,3-15H2,1-2H3,(H,25,27)(H2,22,23,24). The molecule has 3 aliphatic rings. The van der Waals surface area contributed by atoms with Crippen molar-refractivity contribution in [3.63, 3.8) is 0 Å². The maximum absolute atomic E-state index is 11.8. The number of carbonyl (C=O) groups excluding carboxylic acids is 1. The van der Waals surface area contributed by atoms with Crippen LogP contribution < -0.4 is 16.0 Å². The summed E-state index contributed by atoms with van der Waals surface area (Å²) in [7, 11) is 1.82. The molecule has 2 aliphatic carbocycles. The molecule has 0 aromatic carbocycles. The Hall–Kier alpha value is -1.50. The third-order valence-electron chi connectivity index (χ3n) is 6.37. The molecule has 2 atom stereocenters. The van der Waals surface area contributed by atoms with Crippen molar-refractivity contribution < 1.29 is 9.53 Å². The second-order valence-corrected chi connectivity index (χ2v) is 8.53. The molecule has 28 heavy (non-hydrogen) atoms. The molecule has 3 fully saturated rings. The average molecular weight is 394 g/mol. The van der Waals surface area contributed by atoms with Crippen LogP contribution in [-0.4, -0.2) is 68.4 Å². The molecule has 2 saturated carbocycles. The first-order valence-corrected chi connectivity index (χ1v) is 11.3. The highest BCUT2D eigenvalue weighted by Crippen LogP contribution is 2.32. The maximum Gasteiger partial charge on any atom is 0.407 e. The highest BCUT2D eigenvalue weighted by Gasteiger charge is 2.33. The van der Waals surface area contributed by atoms with Gasteiger partial charge < -0.3 is 20.7 Å². The van der Waals surface area contributed by atoms with E-state index >= 15 is 0 Å². The molecule has 1 aliphatic heterocycles. The van der Waals surface area contributed by atoms with Crippen LogP contribution >= 0.6 is 0 Å². The third-order valence-corrected chi connectivity index (χ3v) is 6.37. The molecule has 7 nitrogen and oxygen atoms in total. The van der Waals surface area contributed by atoms with Crippen LogP contribution in [0.2, 0.25) is 0 Å². The number of guanidine groups is 1. The van der Waals surface area contributed by atoms with Gasteiger partial charge in [-0.05, 0) is 57.9 Å². The number of likely N-dealkylation sites (tertiary alicyclic amines) is 1. The largest absolute Gasteiger partial charge is 0.450 e. The van der Waals surface area contributed by atoms with Gasteiger partial charge in [0.25, 0.3) is 0 Å². The zero-order chi connectivity index (χ0) is 19.8. The Kier molecular flexibility index (Phi) is 8.25. The number of nitrogens with zero attached hydrogens (tertiary/aromatic N) is 2. The minimum absolute atomic E-state index is 0.0997. The van der Waals surface area contributed by atoms with Crippen molar-refractivity contribution in [2.24, 2.45) is 10.9 Å². The lowest BCUT2D eigenvalue weighted by molar-refractivity contribution is 0.115. The van der Waals surface area contributed by atoms with Gasteiger partial charge in [-0.2, -0.15) is 0 Å². The summed E-state index contributed by atoms with van der Waals surface area (Å²) >= 11 is 0. The van der Waals surface area contributed by atoms with Gasteiger partial charge in [0.1, 0.15) is 0 Å². The van der Waals surface area contributed by atoms with Crippen molar-refractivity contribution in [2.45, 2.75) is 82.8 Å². The zero-order valence-corrected chi connectivity index (χ0v) is 17.7. The summed E-state index contributed by atoms with van der Waals surface area (Å²) in [5.74, 6) is 1.39. The van der Waals surface area contributed by atoms with E-state index in [1.165, 1.54) is 64.3 Å². The van der Waals surface area contributed by atoms with Crippen LogP contribution in [0.25, 0.3) is 0 Å². The Bertz CT molecular complexity index is 517. The first kappa shape index (κ1) is 21.2. The molecular formula is C21H39N5O2. The van der Waals surface area contributed by atoms with Crippen LogP contribution in [0.1, 0.15) is 64.7 Å². The Balaban J connectivity index is 1.44. The Morgan fingerprint density at radius 3 is 2.61 bits per heavy atom. The van der Waals surface area contributed by atoms with Crippen LogP contribution in [0.4, 0.5) is 4.79 Å². The molecule has 7 heteroatoms. The molecular weight excluding hydrogens is 354 g/mol. The van der Waals surface area contributed by atoms with E-state index in [0.717, 1.165) is 18.5 Å². The van der Waals surface area contributed by atoms with E-state index in [2.05, 4.69) is 25.8 Å². The van der Waals surface area contributed by atoms with Crippen LogP contribution in [0.15, 0.2) is 4.99 Å². The van der Waals surface area contributed by atoms with Gasteiger partial charge in [0.15, 0.2) is 5.96 Å². The fourth-order valence-electron chi connectivity index (χ4n) is 4.65. The van der Waals surface area contributed by atoms with Gasteiger partial charge in [0.05, 0.1) is 12.6 Å². The molecule has 0 aromatic heterocycles. The minimum atomic E-state index is -0.320. The van der Waals surface area contributed by atoms with E-state index in [9.17, 15) is 4.79 Å². The minimum Gasteiger partial charge on any atom is -0.450 e. The first-order valence-electron chi connectivity index (χ1n) is 11.3. The van der Waals surface area contributed by atoms with Gasteiger partial charge in [0, 0.05) is 32.2 Å². The van der Waals surface area contributed by atoms with E-state index in [1.54, 1.807) is 0 Å². The molecule has 0 bridgehead atoms. The van der Waals surface area contributed by atoms with Gasteiger partial charge >= 0.3 is 6.09 Å². The topological polar surface area (TPSA) is 78.0 Å². The number of carbonyl (C=O) groups is 1. The van der Waals surface area contributed by atoms with Crippen LogP contribution in [0.3, 0.4) is 0 Å². The van der Waals surface area contributed by atoms with Crippen LogP contribution in [-0.2, 0) is 4.74 Å². The monoisotopic (exact) mass is 393 g/mol. The molecule has 1 saturated heterocycles. The lowest BCUT2D eigenvalue weighted by Crippen LogP contribution is -2.55. The summed E-state index contributed by atoms with van der Waals surface area (Å²) in [6.45, 7) is 5.26. The SMILES string of the molecule is CCOC(=O)NC(CNC(=NC)NC1CCCN(C2CCCCC2)C1)C1CC1. The van der Waals surface area contributed by atoms with Crippen molar-refractivity contribution in [3.05, 3.63) is 0 Å². The Morgan fingerprint density at radius 1 is 1.14 bits per heavy atom. The van der Waals surface area contributed by atoms with Gasteiger partial charge in [-0.15, -0.1) is 0 Å². The molecule has 0 spiro atoms. The molecule has 0 radical (unpaired) electrons. The average Bonchev–Trinajstić information content (AvgIpc) is 3.56. The highest BCUT2D eigenvalue weighted by atomic mass is 16.5. The second kappa shape index (κ2) is 10.9. The number of nitrogens with one attached hydrogen (secondary N) is 3. The predicted molar refractivity (Wildman–Crippen MR) is 113 cm³/mol. The second-order valence-electron chi connectivity index (χ2n) is 8.53. The number of alkyl carbamates (subject to hydrolysis) is 1. The molecule has 0 aromatic rings. The number of hydrogen-bond donors (Lipinski definition) is 3. The summed E-state index contributed by atoms with van der Waals surface area (Å²) in [5.41, 5.74) is 0. The lowest BCUT2D eigenvalue weighted by Gasteiger charge is -2.40. The van der Waals surface area contributed by atoms with Gasteiger partial charge in [-0.25, -0.2) is 4.79 Å². The quantitative estimate of drug-likeness (QED) is 0.457. The summed E-state index contributed by atoms with van der Waals surface area (Å²) in [6.07, 6.45) is 11.4. The van der Waals surface area contributed by atoms with E-state index in [4.69, 9.17) is 4.74 Å². The smallest absolute Gasteiger partial charge is 0.407 e. The van der Waals surface area contributed by atoms with Crippen LogP contribution in [0, 0.1) is 5.92 Å². The number of amides is 1. The summed E-state index contributed by atoms with van der Waals surface area (Å²) in [6, 6.07) is 1.32. The van der Waals surface area contributed by atoms with Crippen molar-refractivity contribution in [2.75, 3.05) is 33.3 Å². The van der Waals surface area contributed by atoms with E-state index in [1.807, 2.05) is 14.0 Å². The normalized spacial score (nSPS) is 25.8. The number of ether oxygens (including phenoxy) is 1. The zero-order valence-electron chi connectivity index (χ0n) is 17.7. The van der Waals surface area contributed by atoms with Crippen molar-refractivity contribution in [3.8, 4) is 0 Å². The highest BCUT2D eigenvalue weighted by molar-refractivity contribution is 5.80. The number of rotatable bonds is 7. The van der Waals surface area contributed by atoms with Crippen molar-refractivity contribution >= 4 is 12.1 Å². The van der Waals surface area contributed by atoms with Crippen LogP contribution in [0.5, 0.6) is 0 Å². The molecule has 3 N–H and O–H groups in total. The van der Waals surface area contributed by atoms with Gasteiger partial charge in [-0.1, -0.05) is 19.3 Å². The van der Waals surface area contributed by atoms with E-state index in [0.29, 0.717) is 25.1 Å².